The Morgan fingerprint density at radius 3 is 2.41 bits per heavy atom. The molecule has 0 aromatic carbocycles. The zero-order chi connectivity index (χ0) is 24.5. The van der Waals surface area contributed by atoms with Crippen LogP contribution in [0.1, 0.15) is 33.4 Å². The van der Waals surface area contributed by atoms with Crippen molar-refractivity contribution in [3.63, 3.8) is 0 Å². The Morgan fingerprint density at radius 1 is 1.06 bits per heavy atom. The molecule has 34 heavy (non-hydrogen) atoms. The van der Waals surface area contributed by atoms with Gasteiger partial charge in [0.1, 0.15) is 16.2 Å². The number of hydrogen-bond donors (Lipinski definition) is 1. The number of rotatable bonds is 8. The molecule has 1 aliphatic heterocycles. The molecule has 0 saturated carbocycles. The lowest BCUT2D eigenvalue weighted by atomic mass is 10.2. The van der Waals surface area contributed by atoms with Crippen molar-refractivity contribution in [2.45, 2.75) is 45.6 Å². The minimum atomic E-state index is -3.77. The Morgan fingerprint density at radius 2 is 1.79 bits per heavy atom. The molecule has 0 bridgehead atoms. The van der Waals surface area contributed by atoms with E-state index in [1.54, 1.807) is 4.68 Å². The van der Waals surface area contributed by atoms with Crippen LogP contribution in [-0.4, -0.2) is 81.7 Å². The lowest BCUT2D eigenvalue weighted by molar-refractivity contribution is 0.196. The highest BCUT2D eigenvalue weighted by Gasteiger charge is 2.30. The maximum absolute atomic E-state index is 13.4. The lowest BCUT2D eigenvalue weighted by Crippen LogP contribution is -2.48. The number of aromatic amines is 1. The highest BCUT2D eigenvalue weighted by molar-refractivity contribution is 7.89. The van der Waals surface area contributed by atoms with E-state index in [0.717, 1.165) is 12.2 Å². The van der Waals surface area contributed by atoms with E-state index >= 15 is 0 Å². The molecule has 0 radical (unpaired) electrons. The smallest absolute Gasteiger partial charge is 0.279 e. The molecule has 11 nitrogen and oxygen atoms in total. The van der Waals surface area contributed by atoms with E-state index in [0.29, 0.717) is 56.8 Å². The van der Waals surface area contributed by atoms with Crippen molar-refractivity contribution < 1.29 is 13.2 Å². The fraction of sp³-hybridized carbons (Fsp3) is 0.545. The highest BCUT2D eigenvalue weighted by Crippen LogP contribution is 2.30. The first-order valence-corrected chi connectivity index (χ1v) is 13.1. The maximum Gasteiger partial charge on any atom is 0.279 e. The monoisotopic (exact) mass is 489 g/mol. The summed E-state index contributed by atoms with van der Waals surface area (Å²) in [6, 6.07) is 1.49. The van der Waals surface area contributed by atoms with Crippen molar-refractivity contribution in [2.75, 3.05) is 39.3 Å². The summed E-state index contributed by atoms with van der Waals surface area (Å²) < 4.78 is 35.6. The number of ether oxygens (including phenoxy) is 1. The van der Waals surface area contributed by atoms with E-state index < -0.39 is 15.6 Å². The van der Waals surface area contributed by atoms with E-state index in [1.165, 1.54) is 16.6 Å². The minimum absolute atomic E-state index is 0.0404. The molecule has 0 aliphatic carbocycles. The predicted molar refractivity (Wildman–Crippen MR) is 128 cm³/mol. The second-order valence-corrected chi connectivity index (χ2v) is 9.96. The second-order valence-electron chi connectivity index (χ2n) is 8.02. The van der Waals surface area contributed by atoms with Crippen LogP contribution in [0.15, 0.2) is 22.0 Å². The molecule has 0 spiro atoms. The number of pyridine rings is 1. The molecular weight excluding hydrogens is 458 g/mol. The molecule has 1 fully saturated rings. The van der Waals surface area contributed by atoms with Crippen molar-refractivity contribution in [3.05, 3.63) is 28.3 Å². The van der Waals surface area contributed by atoms with Crippen LogP contribution in [0, 0.1) is 0 Å². The molecule has 4 heterocycles. The number of nitrogens with zero attached hydrogens (tertiary/aromatic N) is 6. The number of sulfonamides is 1. The average molecular weight is 490 g/mol. The summed E-state index contributed by atoms with van der Waals surface area (Å²) in [5, 5.41) is 4.38. The summed E-state index contributed by atoms with van der Waals surface area (Å²) >= 11 is 0. The number of fused-ring (bicyclic) bond motifs is 1. The van der Waals surface area contributed by atoms with Crippen molar-refractivity contribution in [1.29, 1.82) is 0 Å². The summed E-state index contributed by atoms with van der Waals surface area (Å²) in [6.45, 7) is 11.8. The van der Waals surface area contributed by atoms with Gasteiger partial charge >= 0.3 is 0 Å². The van der Waals surface area contributed by atoms with Gasteiger partial charge in [-0.25, -0.2) is 18.4 Å². The normalized spacial score (nSPS) is 15.8. The number of aryl methyl sites for hydroxylation is 2. The number of piperazine rings is 1. The summed E-state index contributed by atoms with van der Waals surface area (Å²) in [5.74, 6) is 0.410. The van der Waals surface area contributed by atoms with Crippen LogP contribution < -0.4 is 10.3 Å². The molecule has 1 saturated heterocycles. The van der Waals surface area contributed by atoms with Gasteiger partial charge < -0.3 is 14.6 Å². The van der Waals surface area contributed by atoms with Gasteiger partial charge in [0.25, 0.3) is 5.56 Å². The Kier molecular flexibility index (Phi) is 7.01. The minimum Gasteiger partial charge on any atom is -0.477 e. The maximum atomic E-state index is 13.4. The lowest BCUT2D eigenvalue weighted by Gasteiger charge is -2.33. The molecule has 1 N–H and O–H groups in total. The van der Waals surface area contributed by atoms with E-state index in [1.807, 2.05) is 20.8 Å². The number of likely N-dealkylation sites (N-methyl/N-ethyl adjacent to an activating group) is 1. The van der Waals surface area contributed by atoms with Crippen LogP contribution in [0.2, 0.25) is 0 Å². The molecule has 0 amide bonds. The van der Waals surface area contributed by atoms with Gasteiger partial charge in [0.2, 0.25) is 15.9 Å². The molecule has 3 aromatic heterocycles. The zero-order valence-corrected chi connectivity index (χ0v) is 20.9. The van der Waals surface area contributed by atoms with Crippen LogP contribution >= 0.6 is 0 Å². The van der Waals surface area contributed by atoms with Gasteiger partial charge in [-0.15, -0.1) is 0 Å². The topological polar surface area (TPSA) is 126 Å². The van der Waals surface area contributed by atoms with E-state index in [-0.39, 0.29) is 22.1 Å². The molecule has 0 unspecified atom stereocenters. The third-order valence-corrected chi connectivity index (χ3v) is 7.98. The van der Waals surface area contributed by atoms with Gasteiger partial charge in [-0.2, -0.15) is 9.40 Å². The molecule has 184 valence electrons. The number of hydrogen-bond acceptors (Lipinski definition) is 8. The SMILES string of the molecule is CCOc1ncc(S(=O)(=O)N2CCN(CC)CC2)cc1-c1nc2c(CC)n(CC)nc2c(=O)[nH]1. The molecular formula is C22H31N7O4S. The Bertz CT molecular complexity index is 1340. The third-order valence-electron chi connectivity index (χ3n) is 6.11. The van der Waals surface area contributed by atoms with E-state index in [4.69, 9.17) is 4.74 Å². The van der Waals surface area contributed by atoms with Crippen molar-refractivity contribution in [1.82, 2.24) is 33.9 Å². The van der Waals surface area contributed by atoms with Gasteiger partial charge in [-0.3, -0.25) is 9.48 Å². The van der Waals surface area contributed by atoms with Gasteiger partial charge in [-0.05, 0) is 32.9 Å². The van der Waals surface area contributed by atoms with Crippen molar-refractivity contribution in [3.8, 4) is 17.3 Å². The second kappa shape index (κ2) is 9.80. The molecule has 12 heteroatoms. The van der Waals surface area contributed by atoms with Crippen molar-refractivity contribution >= 4 is 21.1 Å². The third kappa shape index (κ3) is 4.32. The van der Waals surface area contributed by atoms with Crippen LogP contribution in [0.5, 0.6) is 5.88 Å². The average Bonchev–Trinajstić information content (AvgIpc) is 3.22. The first-order valence-electron chi connectivity index (χ1n) is 11.7. The molecule has 4 rings (SSSR count). The fourth-order valence-corrected chi connectivity index (χ4v) is 5.63. The number of nitrogens with one attached hydrogen (secondary N) is 1. The van der Waals surface area contributed by atoms with Gasteiger partial charge in [-0.1, -0.05) is 13.8 Å². The first kappa shape index (κ1) is 24.3. The van der Waals surface area contributed by atoms with Crippen LogP contribution in [0.25, 0.3) is 22.4 Å². The van der Waals surface area contributed by atoms with Gasteiger partial charge in [0.05, 0.1) is 24.1 Å². The van der Waals surface area contributed by atoms with E-state index in [9.17, 15) is 13.2 Å². The highest BCUT2D eigenvalue weighted by atomic mass is 32.2. The summed E-state index contributed by atoms with van der Waals surface area (Å²) in [4.78, 5) is 26.8. The molecule has 1 aliphatic rings. The molecule has 0 atom stereocenters. The first-order chi connectivity index (χ1) is 16.3. The van der Waals surface area contributed by atoms with Crippen LogP contribution in [0.3, 0.4) is 0 Å². The van der Waals surface area contributed by atoms with Crippen LogP contribution in [0.4, 0.5) is 0 Å². The summed E-state index contributed by atoms with van der Waals surface area (Å²) in [5.41, 5.74) is 1.52. The Balaban J connectivity index is 1.82. The summed E-state index contributed by atoms with van der Waals surface area (Å²) in [6.07, 6.45) is 1.95. The largest absolute Gasteiger partial charge is 0.477 e. The Labute approximate surface area is 198 Å². The standard InChI is InChI=1S/C22H31N7O4S/c1-5-17-18-19(26-29(17)7-3)21(30)25-20(24-18)16-13-15(14-23-22(16)33-8-4)34(31,32)28-11-9-27(6-2)10-12-28/h13-14H,5-12H2,1-4H3,(H,24,25,30). The quantitative estimate of drug-likeness (QED) is 0.504. The number of H-pyrrole nitrogens is 1. The molecule has 3 aromatic rings. The predicted octanol–water partition coefficient (Wildman–Crippen LogP) is 1.49. The zero-order valence-electron chi connectivity index (χ0n) is 20.0. The van der Waals surface area contributed by atoms with Gasteiger partial charge in [0, 0.05) is 32.7 Å². The van der Waals surface area contributed by atoms with Crippen molar-refractivity contribution in [2.24, 2.45) is 0 Å². The summed E-state index contributed by atoms with van der Waals surface area (Å²) in [7, 11) is -3.77. The van der Waals surface area contributed by atoms with Gasteiger partial charge in [0.15, 0.2) is 5.52 Å². The van der Waals surface area contributed by atoms with E-state index in [2.05, 4.69) is 31.9 Å². The van der Waals surface area contributed by atoms with Crippen LogP contribution in [-0.2, 0) is 23.0 Å². The number of aromatic nitrogens is 5. The Hall–Kier alpha value is -2.83. The fourth-order valence-electron chi connectivity index (χ4n) is 4.23.